The van der Waals surface area contributed by atoms with Crippen molar-refractivity contribution in [2.75, 3.05) is 4.90 Å². The molecule has 1 aliphatic rings. The highest BCUT2D eigenvalue weighted by Crippen LogP contribution is 2.51. The van der Waals surface area contributed by atoms with Crippen LogP contribution >= 0.6 is 0 Å². The number of hydrogen-bond acceptors (Lipinski definition) is 1. The van der Waals surface area contributed by atoms with Gasteiger partial charge in [-0.1, -0.05) is 207 Å². The number of para-hydroxylation sites is 1. The summed E-state index contributed by atoms with van der Waals surface area (Å²) in [5.74, 6) is 0. The van der Waals surface area contributed by atoms with Gasteiger partial charge in [0.1, 0.15) is 0 Å². The predicted molar refractivity (Wildman–Crippen MR) is 272 cm³/mol. The Hall–Kier alpha value is -7.94. The summed E-state index contributed by atoms with van der Waals surface area (Å²) in [6, 6.07) is 81.8. The van der Waals surface area contributed by atoms with Gasteiger partial charge in [-0.15, -0.1) is 0 Å². The van der Waals surface area contributed by atoms with Crippen molar-refractivity contribution in [1.82, 2.24) is 4.57 Å². The fraction of sp³-hybridized carbons (Fsp3) is 0.0645. The van der Waals surface area contributed by atoms with E-state index in [1.54, 1.807) is 0 Å². The van der Waals surface area contributed by atoms with Crippen LogP contribution in [0.5, 0.6) is 0 Å². The molecule has 0 N–H and O–H groups in total. The fourth-order valence-electron chi connectivity index (χ4n) is 9.85. The van der Waals surface area contributed by atoms with Crippen LogP contribution in [0.4, 0.5) is 17.1 Å². The first-order valence-corrected chi connectivity index (χ1v) is 22.3. The van der Waals surface area contributed by atoms with E-state index in [0.717, 1.165) is 33.9 Å². The van der Waals surface area contributed by atoms with Crippen molar-refractivity contribution < 1.29 is 0 Å². The lowest BCUT2D eigenvalue weighted by Gasteiger charge is -2.28. The molecule has 64 heavy (non-hydrogen) atoms. The first-order chi connectivity index (χ1) is 31.4. The van der Waals surface area contributed by atoms with E-state index < -0.39 is 0 Å². The molecule has 1 aromatic heterocycles. The first kappa shape index (κ1) is 38.9. The van der Waals surface area contributed by atoms with Crippen molar-refractivity contribution in [3.63, 3.8) is 0 Å². The molecule has 0 bridgehead atoms. The lowest BCUT2D eigenvalue weighted by atomic mass is 9.82. The number of benzene rings is 9. The van der Waals surface area contributed by atoms with Crippen molar-refractivity contribution in [3.05, 3.63) is 252 Å². The van der Waals surface area contributed by atoms with Crippen molar-refractivity contribution in [1.29, 1.82) is 0 Å². The SMILES string of the molecule is Cc1ccc(N(c2ccc(/C=C/c3cccc4c(-c5ccccc5)c(-c5ccccc5)n(-c5ccc(-c6ccccc6)cc5)c34)cc2)c2ccc3c(c2)C(C)(C)c2ccccc2-3)cc1. The van der Waals surface area contributed by atoms with Crippen molar-refractivity contribution in [3.8, 4) is 50.3 Å². The number of aromatic nitrogens is 1. The second kappa shape index (κ2) is 16.1. The molecule has 0 atom stereocenters. The zero-order valence-electron chi connectivity index (χ0n) is 36.4. The molecule has 2 nitrogen and oxygen atoms in total. The van der Waals surface area contributed by atoms with Gasteiger partial charge in [-0.3, -0.25) is 0 Å². The minimum absolute atomic E-state index is 0.0897. The van der Waals surface area contributed by atoms with Crippen molar-refractivity contribution >= 4 is 40.1 Å². The molecule has 0 fully saturated rings. The molecular weight excluding hydrogens is 773 g/mol. The molecule has 0 aliphatic heterocycles. The van der Waals surface area contributed by atoms with Gasteiger partial charge in [-0.25, -0.2) is 0 Å². The largest absolute Gasteiger partial charge is 0.310 e. The van der Waals surface area contributed by atoms with E-state index in [2.05, 4.69) is 267 Å². The Kier molecular flexibility index (Phi) is 9.78. The third kappa shape index (κ3) is 6.85. The van der Waals surface area contributed by atoms with Gasteiger partial charge in [0.15, 0.2) is 0 Å². The zero-order valence-corrected chi connectivity index (χ0v) is 36.4. The minimum atomic E-state index is -0.0897. The minimum Gasteiger partial charge on any atom is -0.310 e. The van der Waals surface area contributed by atoms with Gasteiger partial charge >= 0.3 is 0 Å². The standard InChI is InChI=1S/C62H48N2/c1-43-26-34-50(35-27-43)63(53-40-41-55-54-23-13-14-25-57(54)62(2,3)58(55)42-53)51-36-29-44(30-37-51)28-31-49-22-15-24-56-59(47-18-9-5-10-19-47)61(48-20-11-6-12-21-48)64(60(49)56)52-38-32-46(33-39-52)45-16-7-4-8-17-45/h4-42H,1-3H3/b31-28+. The molecule has 0 amide bonds. The van der Waals surface area contributed by atoms with E-state index in [4.69, 9.17) is 0 Å². The van der Waals surface area contributed by atoms with Crippen LogP contribution in [0.1, 0.15) is 41.7 Å². The Bertz CT molecular complexity index is 3300. The molecule has 9 aromatic carbocycles. The van der Waals surface area contributed by atoms with Crippen LogP contribution < -0.4 is 4.90 Å². The zero-order chi connectivity index (χ0) is 43.2. The van der Waals surface area contributed by atoms with Gasteiger partial charge < -0.3 is 9.47 Å². The number of nitrogens with zero attached hydrogens (tertiary/aromatic N) is 2. The van der Waals surface area contributed by atoms with Crippen molar-refractivity contribution in [2.24, 2.45) is 0 Å². The van der Waals surface area contributed by atoms with E-state index in [1.807, 2.05) is 0 Å². The Morgan fingerprint density at radius 1 is 0.438 bits per heavy atom. The lowest BCUT2D eigenvalue weighted by molar-refractivity contribution is 0.660. The van der Waals surface area contributed by atoms with Gasteiger partial charge in [0.05, 0.1) is 11.2 Å². The second-order valence-electron chi connectivity index (χ2n) is 17.4. The molecule has 0 unspecified atom stereocenters. The summed E-state index contributed by atoms with van der Waals surface area (Å²) in [6.07, 6.45) is 4.54. The summed E-state index contributed by atoms with van der Waals surface area (Å²) in [5.41, 5.74) is 21.7. The average Bonchev–Trinajstić information content (AvgIpc) is 3.82. The van der Waals surface area contributed by atoms with Crippen LogP contribution in [0.3, 0.4) is 0 Å². The monoisotopic (exact) mass is 820 g/mol. The van der Waals surface area contributed by atoms with Gasteiger partial charge in [-0.2, -0.15) is 0 Å². The maximum absolute atomic E-state index is 2.47. The Labute approximate surface area is 376 Å². The summed E-state index contributed by atoms with van der Waals surface area (Å²) in [5, 5.41) is 1.21. The topological polar surface area (TPSA) is 8.17 Å². The highest BCUT2D eigenvalue weighted by atomic mass is 15.1. The first-order valence-electron chi connectivity index (χ1n) is 22.3. The summed E-state index contributed by atoms with van der Waals surface area (Å²) in [7, 11) is 0. The smallest absolute Gasteiger partial charge is 0.0619 e. The Morgan fingerprint density at radius 3 is 1.69 bits per heavy atom. The van der Waals surface area contributed by atoms with Gasteiger partial charge in [0.25, 0.3) is 0 Å². The van der Waals surface area contributed by atoms with E-state index >= 15 is 0 Å². The van der Waals surface area contributed by atoms with Crippen LogP contribution in [0, 0.1) is 6.92 Å². The van der Waals surface area contributed by atoms with E-state index in [0.29, 0.717) is 0 Å². The van der Waals surface area contributed by atoms with Gasteiger partial charge in [0.2, 0.25) is 0 Å². The van der Waals surface area contributed by atoms with Crippen molar-refractivity contribution in [2.45, 2.75) is 26.2 Å². The number of fused-ring (bicyclic) bond motifs is 4. The third-order valence-corrected chi connectivity index (χ3v) is 13.1. The van der Waals surface area contributed by atoms with Crippen LogP contribution in [-0.2, 0) is 5.41 Å². The third-order valence-electron chi connectivity index (χ3n) is 13.1. The number of rotatable bonds is 9. The lowest BCUT2D eigenvalue weighted by Crippen LogP contribution is -2.16. The molecule has 1 heterocycles. The molecule has 0 saturated carbocycles. The molecule has 0 saturated heterocycles. The molecular formula is C62H48N2. The second-order valence-corrected chi connectivity index (χ2v) is 17.4. The van der Waals surface area contributed by atoms with Crippen LogP contribution in [0.25, 0.3) is 73.4 Å². The van der Waals surface area contributed by atoms with E-state index in [-0.39, 0.29) is 5.41 Å². The van der Waals surface area contributed by atoms with Crippen LogP contribution in [0.2, 0.25) is 0 Å². The summed E-state index contributed by atoms with van der Waals surface area (Å²) in [6.45, 7) is 6.85. The molecule has 0 spiro atoms. The van der Waals surface area contributed by atoms with E-state index in [9.17, 15) is 0 Å². The van der Waals surface area contributed by atoms with Gasteiger partial charge in [-0.05, 0) is 111 Å². The molecule has 10 aromatic rings. The molecule has 0 radical (unpaired) electrons. The number of aryl methyl sites for hydroxylation is 1. The summed E-state index contributed by atoms with van der Waals surface area (Å²) in [4.78, 5) is 2.39. The fourth-order valence-corrected chi connectivity index (χ4v) is 9.85. The number of hydrogen-bond donors (Lipinski definition) is 0. The Balaban J connectivity index is 1.02. The number of anilines is 3. The molecule has 306 valence electrons. The van der Waals surface area contributed by atoms with E-state index in [1.165, 1.54) is 72.2 Å². The molecule has 1 aliphatic carbocycles. The van der Waals surface area contributed by atoms with Crippen LogP contribution in [0.15, 0.2) is 224 Å². The Morgan fingerprint density at radius 2 is 1.00 bits per heavy atom. The quantitative estimate of drug-likeness (QED) is 0.132. The molecule has 11 rings (SSSR count). The maximum atomic E-state index is 2.47. The predicted octanol–water partition coefficient (Wildman–Crippen LogP) is 16.9. The average molecular weight is 821 g/mol. The summed E-state index contributed by atoms with van der Waals surface area (Å²) < 4.78 is 2.47. The normalized spacial score (nSPS) is 12.7. The van der Waals surface area contributed by atoms with Crippen LogP contribution in [-0.4, -0.2) is 4.57 Å². The van der Waals surface area contributed by atoms with Gasteiger partial charge in [0, 0.05) is 39.1 Å². The highest BCUT2D eigenvalue weighted by Gasteiger charge is 2.35. The highest BCUT2D eigenvalue weighted by molar-refractivity contribution is 6.09. The summed E-state index contributed by atoms with van der Waals surface area (Å²) >= 11 is 0. The molecule has 2 heteroatoms. The maximum Gasteiger partial charge on any atom is 0.0619 e.